The third-order valence-electron chi connectivity index (χ3n) is 4.11. The van der Waals surface area contributed by atoms with Crippen molar-refractivity contribution in [2.75, 3.05) is 42.8 Å². The van der Waals surface area contributed by atoms with Crippen molar-refractivity contribution in [2.24, 2.45) is 5.92 Å². The zero-order valence-electron chi connectivity index (χ0n) is 17.5. The summed E-state index contributed by atoms with van der Waals surface area (Å²) in [6.45, 7) is 4.51. The molecule has 3 amide bonds. The van der Waals surface area contributed by atoms with Crippen molar-refractivity contribution >= 4 is 34.8 Å². The highest BCUT2D eigenvalue weighted by molar-refractivity contribution is 5.97. The van der Waals surface area contributed by atoms with Crippen molar-refractivity contribution < 1.29 is 19.1 Å². The van der Waals surface area contributed by atoms with E-state index in [4.69, 9.17) is 4.74 Å². The molecule has 0 atom stereocenters. The summed E-state index contributed by atoms with van der Waals surface area (Å²) in [7, 11) is 1.57. The van der Waals surface area contributed by atoms with E-state index in [0.29, 0.717) is 35.8 Å². The lowest BCUT2D eigenvalue weighted by molar-refractivity contribution is -0.119. The van der Waals surface area contributed by atoms with Gasteiger partial charge in [0.25, 0.3) is 5.91 Å². The quantitative estimate of drug-likeness (QED) is 0.449. The van der Waals surface area contributed by atoms with Crippen LogP contribution in [0.25, 0.3) is 0 Å². The lowest BCUT2D eigenvalue weighted by Crippen LogP contribution is -2.27. The molecular formula is C22H28N4O4. The minimum absolute atomic E-state index is 0.0251. The van der Waals surface area contributed by atoms with Crippen molar-refractivity contribution in [2.45, 2.75) is 13.8 Å². The lowest BCUT2D eigenvalue weighted by atomic mass is 10.2. The predicted molar refractivity (Wildman–Crippen MR) is 118 cm³/mol. The number of hydrogen-bond acceptors (Lipinski definition) is 5. The summed E-state index contributed by atoms with van der Waals surface area (Å²) in [6, 6.07) is 13.9. The van der Waals surface area contributed by atoms with E-state index in [1.165, 1.54) is 0 Å². The first kappa shape index (κ1) is 22.9. The van der Waals surface area contributed by atoms with Crippen molar-refractivity contribution in [1.82, 2.24) is 5.32 Å². The Hall–Kier alpha value is -3.39. The van der Waals surface area contributed by atoms with Crippen LogP contribution in [-0.2, 0) is 14.3 Å². The maximum Gasteiger partial charge on any atom is 0.251 e. The monoisotopic (exact) mass is 412 g/mol. The molecule has 0 spiro atoms. The predicted octanol–water partition coefficient (Wildman–Crippen LogP) is 2.71. The maximum atomic E-state index is 12.3. The fourth-order valence-corrected chi connectivity index (χ4v) is 2.49. The zero-order valence-corrected chi connectivity index (χ0v) is 17.5. The fraction of sp³-hybridized carbons (Fsp3) is 0.318. The molecule has 0 saturated carbocycles. The third kappa shape index (κ3) is 7.56. The SMILES string of the molecule is COCCNC(=O)c1cccc(NCC(=O)Nc2cccc(NC(=O)C(C)C)c2)c1. The van der Waals surface area contributed by atoms with Crippen molar-refractivity contribution in [3.63, 3.8) is 0 Å². The first-order valence-corrected chi connectivity index (χ1v) is 9.71. The Morgan fingerprint density at radius 3 is 2.30 bits per heavy atom. The summed E-state index contributed by atoms with van der Waals surface area (Å²) in [5.41, 5.74) is 2.34. The Morgan fingerprint density at radius 2 is 1.60 bits per heavy atom. The minimum Gasteiger partial charge on any atom is -0.383 e. The van der Waals surface area contributed by atoms with Crippen LogP contribution < -0.4 is 21.3 Å². The summed E-state index contributed by atoms with van der Waals surface area (Å²) < 4.78 is 4.91. The van der Waals surface area contributed by atoms with E-state index < -0.39 is 0 Å². The van der Waals surface area contributed by atoms with E-state index >= 15 is 0 Å². The molecule has 30 heavy (non-hydrogen) atoms. The number of ether oxygens (including phenoxy) is 1. The summed E-state index contributed by atoms with van der Waals surface area (Å²) in [6.07, 6.45) is 0. The third-order valence-corrected chi connectivity index (χ3v) is 4.11. The van der Waals surface area contributed by atoms with Gasteiger partial charge in [-0.25, -0.2) is 0 Å². The van der Waals surface area contributed by atoms with Crippen LogP contribution in [-0.4, -0.2) is 44.5 Å². The Labute approximate surface area is 176 Å². The molecule has 2 rings (SSSR count). The van der Waals surface area contributed by atoms with Gasteiger partial charge in [0.15, 0.2) is 0 Å². The maximum absolute atomic E-state index is 12.3. The Morgan fingerprint density at radius 1 is 0.933 bits per heavy atom. The number of nitrogens with one attached hydrogen (secondary N) is 4. The number of benzene rings is 2. The van der Waals surface area contributed by atoms with Crippen LogP contribution in [0, 0.1) is 5.92 Å². The van der Waals surface area contributed by atoms with Crippen molar-refractivity contribution in [1.29, 1.82) is 0 Å². The normalized spacial score (nSPS) is 10.4. The second kappa shape index (κ2) is 11.6. The molecule has 160 valence electrons. The van der Waals surface area contributed by atoms with Gasteiger partial charge in [0.1, 0.15) is 0 Å². The molecular weight excluding hydrogens is 384 g/mol. The zero-order chi connectivity index (χ0) is 21.9. The molecule has 0 heterocycles. The highest BCUT2D eigenvalue weighted by atomic mass is 16.5. The Bertz CT molecular complexity index is 883. The number of anilines is 3. The van der Waals surface area contributed by atoms with Gasteiger partial charge in [-0.15, -0.1) is 0 Å². The number of hydrogen-bond donors (Lipinski definition) is 4. The van der Waals surface area contributed by atoms with Gasteiger partial charge in [-0.05, 0) is 36.4 Å². The summed E-state index contributed by atoms with van der Waals surface area (Å²) in [5, 5.41) is 11.3. The van der Waals surface area contributed by atoms with E-state index in [1.807, 2.05) is 13.8 Å². The summed E-state index contributed by atoms with van der Waals surface area (Å²) in [4.78, 5) is 36.2. The number of carbonyl (C=O) groups is 3. The molecule has 0 aliphatic rings. The molecule has 0 saturated heterocycles. The van der Waals surface area contributed by atoms with Gasteiger partial charge in [-0.1, -0.05) is 26.0 Å². The molecule has 2 aromatic carbocycles. The number of rotatable bonds is 10. The van der Waals surface area contributed by atoms with Crippen LogP contribution >= 0.6 is 0 Å². The molecule has 2 aromatic rings. The Kier molecular flexibility index (Phi) is 8.83. The summed E-state index contributed by atoms with van der Waals surface area (Å²) in [5.74, 6) is -0.686. The van der Waals surface area contributed by atoms with E-state index in [0.717, 1.165) is 0 Å². The summed E-state index contributed by atoms with van der Waals surface area (Å²) >= 11 is 0. The van der Waals surface area contributed by atoms with Gasteiger partial charge in [0.2, 0.25) is 11.8 Å². The van der Waals surface area contributed by atoms with Crippen LogP contribution in [0.5, 0.6) is 0 Å². The average molecular weight is 412 g/mol. The number of amides is 3. The molecule has 0 radical (unpaired) electrons. The molecule has 4 N–H and O–H groups in total. The van der Waals surface area contributed by atoms with Crippen LogP contribution in [0.1, 0.15) is 24.2 Å². The number of methoxy groups -OCH3 is 1. The van der Waals surface area contributed by atoms with Crippen molar-refractivity contribution in [3.8, 4) is 0 Å². The first-order valence-electron chi connectivity index (χ1n) is 9.71. The van der Waals surface area contributed by atoms with Crippen LogP contribution in [0.15, 0.2) is 48.5 Å². The fourth-order valence-electron chi connectivity index (χ4n) is 2.49. The minimum atomic E-state index is -0.253. The van der Waals surface area contributed by atoms with Gasteiger partial charge >= 0.3 is 0 Å². The van der Waals surface area contributed by atoms with Crippen LogP contribution in [0.2, 0.25) is 0 Å². The second-order valence-electron chi connectivity index (χ2n) is 6.96. The van der Waals surface area contributed by atoms with E-state index in [-0.39, 0.29) is 30.2 Å². The van der Waals surface area contributed by atoms with Gasteiger partial charge in [0.05, 0.1) is 13.2 Å². The first-order chi connectivity index (χ1) is 14.4. The highest BCUT2D eigenvalue weighted by Crippen LogP contribution is 2.16. The van der Waals surface area contributed by atoms with Gasteiger partial charge in [0, 0.05) is 42.2 Å². The van der Waals surface area contributed by atoms with E-state index in [2.05, 4.69) is 21.3 Å². The van der Waals surface area contributed by atoms with Gasteiger partial charge in [-0.3, -0.25) is 14.4 Å². The van der Waals surface area contributed by atoms with Gasteiger partial charge in [-0.2, -0.15) is 0 Å². The van der Waals surface area contributed by atoms with Crippen molar-refractivity contribution in [3.05, 3.63) is 54.1 Å². The molecule has 8 heteroatoms. The lowest BCUT2D eigenvalue weighted by Gasteiger charge is -2.11. The molecule has 0 bridgehead atoms. The van der Waals surface area contributed by atoms with Gasteiger partial charge < -0.3 is 26.0 Å². The van der Waals surface area contributed by atoms with Crippen LogP contribution in [0.3, 0.4) is 0 Å². The van der Waals surface area contributed by atoms with E-state index in [1.54, 1.807) is 55.6 Å². The average Bonchev–Trinajstić information content (AvgIpc) is 2.72. The molecule has 0 aliphatic heterocycles. The molecule has 0 unspecified atom stereocenters. The Balaban J connectivity index is 1.88. The van der Waals surface area contributed by atoms with E-state index in [9.17, 15) is 14.4 Å². The second-order valence-corrected chi connectivity index (χ2v) is 6.96. The molecule has 8 nitrogen and oxygen atoms in total. The highest BCUT2D eigenvalue weighted by Gasteiger charge is 2.09. The topological polar surface area (TPSA) is 109 Å². The standard InChI is InChI=1S/C22H28N4O4/c1-15(2)21(28)26-19-9-5-8-18(13-19)25-20(27)14-24-17-7-4-6-16(12-17)22(29)23-10-11-30-3/h4-9,12-13,15,24H,10-11,14H2,1-3H3,(H,23,29)(H,25,27)(H,26,28). The largest absolute Gasteiger partial charge is 0.383 e. The molecule has 0 aromatic heterocycles. The molecule has 0 aliphatic carbocycles. The smallest absolute Gasteiger partial charge is 0.251 e. The number of carbonyl (C=O) groups excluding carboxylic acids is 3. The molecule has 0 fully saturated rings. The van der Waals surface area contributed by atoms with Crippen LogP contribution in [0.4, 0.5) is 17.1 Å².